The molecule has 1 heterocycles. The van der Waals surface area contributed by atoms with Crippen LogP contribution in [0.15, 0.2) is 6.20 Å². The molecule has 0 saturated carbocycles. The lowest BCUT2D eigenvalue weighted by Gasteiger charge is -2.07. The van der Waals surface area contributed by atoms with Gasteiger partial charge in [-0.1, -0.05) is 6.92 Å². The van der Waals surface area contributed by atoms with E-state index in [2.05, 4.69) is 9.84 Å². The molecule has 0 saturated heterocycles. The molecule has 0 aliphatic carbocycles. The van der Waals surface area contributed by atoms with Crippen LogP contribution in [0.3, 0.4) is 0 Å². The summed E-state index contributed by atoms with van der Waals surface area (Å²) in [5.74, 6) is -0.865. The fraction of sp³-hybridized carbons (Fsp3) is 0.545. The average molecular weight is 224 g/mol. The van der Waals surface area contributed by atoms with Crippen molar-refractivity contribution in [3.63, 3.8) is 0 Å². The number of hydrogen-bond acceptors (Lipinski definition) is 4. The van der Waals surface area contributed by atoms with E-state index >= 15 is 0 Å². The number of methoxy groups -OCH3 is 1. The van der Waals surface area contributed by atoms with Crippen LogP contribution < -0.4 is 0 Å². The van der Waals surface area contributed by atoms with Crippen LogP contribution in [0.25, 0.3) is 0 Å². The number of carbonyl (C=O) groups excluding carboxylic acids is 2. The van der Waals surface area contributed by atoms with E-state index in [1.54, 1.807) is 18.7 Å². The van der Waals surface area contributed by atoms with Crippen LogP contribution in [-0.4, -0.2) is 28.6 Å². The summed E-state index contributed by atoms with van der Waals surface area (Å²) in [6, 6.07) is 0. The topological polar surface area (TPSA) is 61.2 Å². The first kappa shape index (κ1) is 12.4. The van der Waals surface area contributed by atoms with Gasteiger partial charge in [-0.25, -0.2) is 0 Å². The Morgan fingerprint density at radius 2 is 2.19 bits per heavy atom. The minimum Gasteiger partial charge on any atom is -0.469 e. The number of aryl methyl sites for hydroxylation is 1. The van der Waals surface area contributed by atoms with Gasteiger partial charge >= 0.3 is 5.97 Å². The van der Waals surface area contributed by atoms with Crippen LogP contribution in [0.2, 0.25) is 0 Å². The van der Waals surface area contributed by atoms with Crippen molar-refractivity contribution in [1.82, 2.24) is 9.78 Å². The summed E-state index contributed by atoms with van der Waals surface area (Å²) in [4.78, 5) is 23.0. The third kappa shape index (κ3) is 2.48. The molecular weight excluding hydrogens is 208 g/mol. The number of ether oxygens (including phenoxy) is 1. The van der Waals surface area contributed by atoms with Crippen molar-refractivity contribution in [3.8, 4) is 0 Å². The number of rotatable bonds is 4. The lowest BCUT2D eigenvalue weighted by Crippen LogP contribution is -2.17. The molecule has 0 spiro atoms. The monoisotopic (exact) mass is 224 g/mol. The van der Waals surface area contributed by atoms with Crippen LogP contribution >= 0.6 is 0 Å². The molecule has 0 fully saturated rings. The van der Waals surface area contributed by atoms with Gasteiger partial charge in [-0.15, -0.1) is 0 Å². The number of carbonyl (C=O) groups is 2. The van der Waals surface area contributed by atoms with E-state index in [4.69, 9.17) is 0 Å². The Morgan fingerprint density at radius 1 is 1.56 bits per heavy atom. The van der Waals surface area contributed by atoms with E-state index in [9.17, 15) is 9.59 Å². The molecule has 0 amide bonds. The SMILES string of the molecule is COC(=O)C(C)CC(=O)c1cnn(C)c1C. The summed E-state index contributed by atoms with van der Waals surface area (Å²) >= 11 is 0. The Hall–Kier alpha value is -1.65. The van der Waals surface area contributed by atoms with Crippen molar-refractivity contribution in [1.29, 1.82) is 0 Å². The van der Waals surface area contributed by atoms with Crippen molar-refractivity contribution in [3.05, 3.63) is 17.5 Å². The highest BCUT2D eigenvalue weighted by Crippen LogP contribution is 2.13. The van der Waals surface area contributed by atoms with Gasteiger partial charge in [0, 0.05) is 19.2 Å². The van der Waals surface area contributed by atoms with Gasteiger partial charge in [0.2, 0.25) is 0 Å². The number of esters is 1. The maximum atomic E-state index is 11.8. The van der Waals surface area contributed by atoms with Crippen molar-refractivity contribution in [2.45, 2.75) is 20.3 Å². The predicted molar refractivity (Wildman–Crippen MR) is 58.1 cm³/mol. The number of aromatic nitrogens is 2. The van der Waals surface area contributed by atoms with E-state index < -0.39 is 5.92 Å². The number of ketones is 1. The van der Waals surface area contributed by atoms with E-state index in [-0.39, 0.29) is 18.2 Å². The normalized spacial score (nSPS) is 12.2. The minimum absolute atomic E-state index is 0.0801. The predicted octanol–water partition coefficient (Wildman–Crippen LogP) is 1.11. The Labute approximate surface area is 94.4 Å². The molecule has 0 N–H and O–H groups in total. The summed E-state index contributed by atoms with van der Waals surface area (Å²) in [6.45, 7) is 3.50. The fourth-order valence-electron chi connectivity index (χ4n) is 1.45. The fourth-order valence-corrected chi connectivity index (χ4v) is 1.45. The van der Waals surface area contributed by atoms with Crippen LogP contribution in [0, 0.1) is 12.8 Å². The van der Waals surface area contributed by atoms with Crippen molar-refractivity contribution < 1.29 is 14.3 Å². The van der Waals surface area contributed by atoms with E-state index in [0.29, 0.717) is 5.56 Å². The summed E-state index contributed by atoms with van der Waals surface area (Å²) in [6.07, 6.45) is 1.68. The molecule has 0 bridgehead atoms. The van der Waals surface area contributed by atoms with E-state index in [0.717, 1.165) is 5.69 Å². The molecule has 0 aliphatic heterocycles. The largest absolute Gasteiger partial charge is 0.469 e. The van der Waals surface area contributed by atoms with Crippen LogP contribution in [0.1, 0.15) is 29.4 Å². The quantitative estimate of drug-likeness (QED) is 0.567. The highest BCUT2D eigenvalue weighted by atomic mass is 16.5. The molecule has 16 heavy (non-hydrogen) atoms. The standard InChI is InChI=1S/C11H16N2O3/c1-7(11(15)16-4)5-10(14)9-6-12-13(3)8(9)2/h6-7H,5H2,1-4H3. The smallest absolute Gasteiger partial charge is 0.308 e. The second kappa shape index (κ2) is 4.92. The van der Waals surface area contributed by atoms with Gasteiger partial charge in [-0.3, -0.25) is 14.3 Å². The minimum atomic E-state index is -0.419. The van der Waals surface area contributed by atoms with E-state index in [1.165, 1.54) is 13.3 Å². The maximum Gasteiger partial charge on any atom is 0.308 e. The summed E-state index contributed by atoms with van der Waals surface area (Å²) in [7, 11) is 3.09. The molecule has 1 aromatic rings. The zero-order chi connectivity index (χ0) is 12.3. The van der Waals surface area contributed by atoms with Gasteiger partial charge in [0.15, 0.2) is 5.78 Å². The highest BCUT2D eigenvalue weighted by Gasteiger charge is 2.20. The second-order valence-electron chi connectivity index (χ2n) is 3.82. The van der Waals surface area contributed by atoms with Crippen molar-refractivity contribution in [2.24, 2.45) is 13.0 Å². The number of hydrogen-bond donors (Lipinski definition) is 0. The van der Waals surface area contributed by atoms with Crippen LogP contribution in [-0.2, 0) is 16.6 Å². The summed E-state index contributed by atoms with van der Waals surface area (Å²) in [5.41, 5.74) is 1.38. The lowest BCUT2D eigenvalue weighted by atomic mass is 10.0. The Bertz CT molecular complexity index is 409. The Morgan fingerprint density at radius 3 is 2.62 bits per heavy atom. The zero-order valence-corrected chi connectivity index (χ0v) is 9.98. The van der Waals surface area contributed by atoms with Crippen LogP contribution in [0.5, 0.6) is 0 Å². The van der Waals surface area contributed by atoms with Crippen molar-refractivity contribution >= 4 is 11.8 Å². The average Bonchev–Trinajstić information content (AvgIpc) is 2.58. The third-order valence-corrected chi connectivity index (χ3v) is 2.63. The maximum absolute atomic E-state index is 11.8. The van der Waals surface area contributed by atoms with Crippen molar-refractivity contribution in [2.75, 3.05) is 7.11 Å². The highest BCUT2D eigenvalue weighted by molar-refractivity contribution is 5.98. The van der Waals surface area contributed by atoms with Gasteiger partial charge in [-0.2, -0.15) is 5.10 Å². The molecule has 0 radical (unpaired) electrons. The third-order valence-electron chi connectivity index (χ3n) is 2.63. The lowest BCUT2D eigenvalue weighted by molar-refractivity contribution is -0.144. The first-order chi connectivity index (χ1) is 7.47. The Balaban J connectivity index is 2.73. The molecule has 5 heteroatoms. The molecule has 0 aliphatic rings. The van der Waals surface area contributed by atoms with E-state index in [1.807, 2.05) is 6.92 Å². The molecule has 1 aromatic heterocycles. The molecule has 1 unspecified atom stereocenters. The van der Waals surface area contributed by atoms with Gasteiger partial charge in [-0.05, 0) is 6.92 Å². The van der Waals surface area contributed by atoms with Gasteiger partial charge in [0.25, 0.3) is 0 Å². The molecule has 0 aromatic carbocycles. The first-order valence-corrected chi connectivity index (χ1v) is 5.07. The van der Waals surface area contributed by atoms with Gasteiger partial charge in [0.1, 0.15) is 0 Å². The zero-order valence-electron chi connectivity index (χ0n) is 9.98. The molecule has 88 valence electrons. The summed E-state index contributed by atoms with van der Waals surface area (Å²) in [5, 5.41) is 3.99. The number of nitrogens with zero attached hydrogens (tertiary/aromatic N) is 2. The molecule has 1 atom stereocenters. The van der Waals surface area contributed by atoms with Crippen LogP contribution in [0.4, 0.5) is 0 Å². The molecular formula is C11H16N2O3. The van der Waals surface area contributed by atoms with Gasteiger partial charge in [0.05, 0.1) is 24.8 Å². The summed E-state index contributed by atoms with van der Waals surface area (Å²) < 4.78 is 6.21. The number of Topliss-reactive ketones (excluding diaryl/α,β-unsaturated/α-hetero) is 1. The first-order valence-electron chi connectivity index (χ1n) is 5.07. The van der Waals surface area contributed by atoms with Gasteiger partial charge < -0.3 is 4.74 Å². The second-order valence-corrected chi connectivity index (χ2v) is 3.82. The Kier molecular flexibility index (Phi) is 3.82. The molecule has 1 rings (SSSR count). The molecule has 5 nitrogen and oxygen atoms in total.